The van der Waals surface area contributed by atoms with Crippen LogP contribution >= 0.6 is 11.6 Å². The number of esters is 1. The van der Waals surface area contributed by atoms with E-state index < -0.39 is 17.8 Å². The minimum absolute atomic E-state index is 0.214. The van der Waals surface area contributed by atoms with Gasteiger partial charge >= 0.3 is 5.97 Å². The maximum atomic E-state index is 12.6. The molecule has 2 N–H and O–H groups in total. The van der Waals surface area contributed by atoms with E-state index >= 15 is 0 Å². The van der Waals surface area contributed by atoms with Crippen LogP contribution in [-0.4, -0.2) is 58.5 Å². The zero-order valence-electron chi connectivity index (χ0n) is 22.3. The molecule has 0 aliphatic carbocycles. The van der Waals surface area contributed by atoms with Gasteiger partial charge in [-0.2, -0.15) is 5.10 Å². The Morgan fingerprint density at radius 2 is 1.52 bits per heavy atom. The van der Waals surface area contributed by atoms with Crippen LogP contribution in [0.3, 0.4) is 0 Å². The lowest BCUT2D eigenvalue weighted by molar-refractivity contribution is -0.120. The molecule has 0 radical (unpaired) electrons. The van der Waals surface area contributed by atoms with Crippen LogP contribution in [0, 0.1) is 0 Å². The Morgan fingerprint density at radius 1 is 0.850 bits per heavy atom. The van der Waals surface area contributed by atoms with E-state index in [0.717, 1.165) is 0 Å². The van der Waals surface area contributed by atoms with Crippen LogP contribution in [0.2, 0.25) is 5.02 Å². The molecule has 3 aromatic rings. The number of halogens is 1. The highest BCUT2D eigenvalue weighted by Gasteiger charge is 2.17. The number of rotatable bonds is 12. The SMILES string of the molecule is CCOc1cc(/C=N/NC(=O)CNC(=O)c2cc(OC)c(OC)c(OC)c2)ccc1OC(=O)c1ccc(Cl)cc1. The van der Waals surface area contributed by atoms with E-state index in [1.807, 2.05) is 0 Å². The molecule has 40 heavy (non-hydrogen) atoms. The van der Waals surface area contributed by atoms with Crippen LogP contribution < -0.4 is 34.4 Å². The van der Waals surface area contributed by atoms with E-state index in [2.05, 4.69) is 15.8 Å². The standard InChI is InChI=1S/C28H28ClN3O8/c1-5-39-22-12-17(6-11-21(22)40-28(35)18-7-9-20(29)10-8-18)15-31-32-25(33)16-30-27(34)19-13-23(36-2)26(38-4)24(14-19)37-3/h6-15H,5,16H2,1-4H3,(H,30,34)(H,32,33)/b31-15+. The first-order chi connectivity index (χ1) is 19.3. The Balaban J connectivity index is 1.59. The van der Waals surface area contributed by atoms with Crippen LogP contribution in [0.5, 0.6) is 28.7 Å². The van der Waals surface area contributed by atoms with Crippen LogP contribution in [0.1, 0.15) is 33.2 Å². The van der Waals surface area contributed by atoms with Gasteiger partial charge in [-0.25, -0.2) is 10.2 Å². The first kappa shape index (κ1) is 29.8. The van der Waals surface area contributed by atoms with Crippen LogP contribution in [-0.2, 0) is 4.79 Å². The number of hydrazone groups is 1. The molecule has 0 saturated carbocycles. The van der Waals surface area contributed by atoms with Crippen molar-refractivity contribution in [2.24, 2.45) is 5.10 Å². The van der Waals surface area contributed by atoms with Crippen molar-refractivity contribution in [3.8, 4) is 28.7 Å². The lowest BCUT2D eigenvalue weighted by atomic mass is 10.1. The van der Waals surface area contributed by atoms with Crippen LogP contribution in [0.25, 0.3) is 0 Å². The van der Waals surface area contributed by atoms with Gasteiger partial charge in [0, 0.05) is 10.6 Å². The van der Waals surface area contributed by atoms with E-state index in [4.69, 9.17) is 35.3 Å². The maximum Gasteiger partial charge on any atom is 0.343 e. The summed E-state index contributed by atoms with van der Waals surface area (Å²) in [6, 6.07) is 14.0. The average molecular weight is 570 g/mol. The van der Waals surface area contributed by atoms with Gasteiger partial charge in [-0.3, -0.25) is 9.59 Å². The summed E-state index contributed by atoms with van der Waals surface area (Å²) >= 11 is 5.87. The lowest BCUT2D eigenvalue weighted by Crippen LogP contribution is -2.34. The smallest absolute Gasteiger partial charge is 0.343 e. The third-order valence-corrected chi connectivity index (χ3v) is 5.54. The molecule has 2 amide bonds. The van der Waals surface area contributed by atoms with Crippen molar-refractivity contribution in [3.63, 3.8) is 0 Å². The van der Waals surface area contributed by atoms with E-state index in [-0.39, 0.29) is 17.9 Å². The summed E-state index contributed by atoms with van der Waals surface area (Å²) in [5.41, 5.74) is 3.45. The van der Waals surface area contributed by atoms with Gasteiger partial charge in [-0.05, 0) is 67.1 Å². The summed E-state index contributed by atoms with van der Waals surface area (Å²) in [6.45, 7) is 1.78. The molecule has 0 unspecified atom stereocenters. The third-order valence-electron chi connectivity index (χ3n) is 5.29. The highest BCUT2D eigenvalue weighted by Crippen LogP contribution is 2.38. The second kappa shape index (κ2) is 14.4. The number of carbonyl (C=O) groups excluding carboxylic acids is 3. The van der Waals surface area contributed by atoms with Gasteiger partial charge in [-0.1, -0.05) is 11.6 Å². The number of nitrogens with zero attached hydrogens (tertiary/aromatic N) is 1. The molecule has 3 rings (SSSR count). The van der Waals surface area contributed by atoms with E-state index in [1.165, 1.54) is 39.7 Å². The van der Waals surface area contributed by atoms with E-state index in [1.54, 1.807) is 49.4 Å². The summed E-state index contributed by atoms with van der Waals surface area (Å²) in [4.78, 5) is 37.2. The normalized spacial score (nSPS) is 10.5. The molecular formula is C28H28ClN3O8. The molecule has 0 aromatic heterocycles. The molecule has 210 valence electrons. The van der Waals surface area contributed by atoms with Gasteiger partial charge in [0.25, 0.3) is 11.8 Å². The second-order valence-electron chi connectivity index (χ2n) is 7.93. The molecule has 0 saturated heterocycles. The molecule has 0 heterocycles. The van der Waals surface area contributed by atoms with E-state index in [9.17, 15) is 14.4 Å². The molecule has 0 fully saturated rings. The van der Waals surface area contributed by atoms with Gasteiger partial charge in [-0.15, -0.1) is 0 Å². The predicted molar refractivity (Wildman–Crippen MR) is 148 cm³/mol. The lowest BCUT2D eigenvalue weighted by Gasteiger charge is -2.14. The Hall–Kier alpha value is -4.77. The molecular weight excluding hydrogens is 542 g/mol. The van der Waals surface area contributed by atoms with Crippen molar-refractivity contribution in [1.82, 2.24) is 10.7 Å². The van der Waals surface area contributed by atoms with Crippen LogP contribution in [0.4, 0.5) is 0 Å². The summed E-state index contributed by atoms with van der Waals surface area (Å²) in [6.07, 6.45) is 1.38. The first-order valence-electron chi connectivity index (χ1n) is 11.9. The molecule has 0 bridgehead atoms. The highest BCUT2D eigenvalue weighted by atomic mass is 35.5. The number of hydrogen-bond donors (Lipinski definition) is 2. The molecule has 0 aliphatic rings. The molecule has 11 nitrogen and oxygen atoms in total. The Labute approximate surface area is 236 Å². The summed E-state index contributed by atoms with van der Waals surface area (Å²) in [5, 5.41) is 6.92. The predicted octanol–water partition coefficient (Wildman–Crippen LogP) is 3.86. The number of methoxy groups -OCH3 is 3. The fraction of sp³-hybridized carbons (Fsp3) is 0.214. The largest absolute Gasteiger partial charge is 0.493 e. The van der Waals surface area contributed by atoms with Crippen molar-refractivity contribution in [2.75, 3.05) is 34.5 Å². The monoisotopic (exact) mass is 569 g/mol. The third kappa shape index (κ3) is 7.87. The second-order valence-corrected chi connectivity index (χ2v) is 8.36. The molecule has 0 atom stereocenters. The molecule has 12 heteroatoms. The van der Waals surface area contributed by atoms with Gasteiger partial charge in [0.2, 0.25) is 5.75 Å². The van der Waals surface area contributed by atoms with Crippen molar-refractivity contribution in [1.29, 1.82) is 0 Å². The van der Waals surface area contributed by atoms with Gasteiger partial charge < -0.3 is 29.0 Å². The summed E-state index contributed by atoms with van der Waals surface area (Å²) < 4.78 is 26.8. The topological polar surface area (TPSA) is 134 Å². The number of benzene rings is 3. The minimum atomic E-state index is -0.570. The van der Waals surface area contributed by atoms with Crippen LogP contribution in [0.15, 0.2) is 59.7 Å². The fourth-order valence-electron chi connectivity index (χ4n) is 3.40. The zero-order valence-corrected chi connectivity index (χ0v) is 23.0. The summed E-state index contributed by atoms with van der Waals surface area (Å²) in [7, 11) is 4.32. The van der Waals surface area contributed by atoms with Crippen molar-refractivity contribution >= 4 is 35.6 Å². The Morgan fingerprint density at radius 3 is 2.12 bits per heavy atom. The van der Waals surface area contributed by atoms with Crippen molar-refractivity contribution < 1.29 is 38.1 Å². The van der Waals surface area contributed by atoms with Gasteiger partial charge in [0.05, 0.1) is 46.3 Å². The highest BCUT2D eigenvalue weighted by molar-refractivity contribution is 6.30. The van der Waals surface area contributed by atoms with Crippen molar-refractivity contribution in [2.45, 2.75) is 6.92 Å². The van der Waals surface area contributed by atoms with Gasteiger partial charge in [0.15, 0.2) is 23.0 Å². The molecule has 0 spiro atoms. The maximum absolute atomic E-state index is 12.6. The zero-order chi connectivity index (χ0) is 29.1. The molecule has 0 aliphatic heterocycles. The average Bonchev–Trinajstić information content (AvgIpc) is 2.96. The number of hydrogen-bond acceptors (Lipinski definition) is 9. The van der Waals surface area contributed by atoms with Gasteiger partial charge in [0.1, 0.15) is 0 Å². The summed E-state index contributed by atoms with van der Waals surface area (Å²) in [5.74, 6) is -0.167. The number of nitrogens with one attached hydrogen (secondary N) is 2. The Kier molecular flexibility index (Phi) is 10.7. The minimum Gasteiger partial charge on any atom is -0.493 e. The van der Waals surface area contributed by atoms with Crippen molar-refractivity contribution in [3.05, 3.63) is 76.3 Å². The number of amides is 2. The number of ether oxygens (including phenoxy) is 5. The van der Waals surface area contributed by atoms with E-state index in [0.29, 0.717) is 45.8 Å². The first-order valence-corrected chi connectivity index (χ1v) is 12.3. The quantitative estimate of drug-likeness (QED) is 0.145. The molecule has 3 aromatic carbocycles. The Bertz CT molecular complexity index is 1370. The fourth-order valence-corrected chi connectivity index (χ4v) is 3.52. The number of carbonyl (C=O) groups is 3.